The molecule has 1 amide bonds. The smallest absolute Gasteiger partial charge is 0.241 e. The number of ketones is 1. The number of hydrogen-bond donors (Lipinski definition) is 2. The van der Waals surface area contributed by atoms with Crippen molar-refractivity contribution in [2.75, 3.05) is 42.6 Å². The standard InChI is InChI=1S/C21H19F2N5O2S.CH4/c1-27-9-10-28(11-16(27)29)13-7-5-12(6-8-13)25-21-26-20(24)19(31-21)18(30)17-14(22)3-2-4-15(17)23;/h2-8H,9-11,24H2,1H3,(H,25,26);1H4. The molecule has 3 N–H and O–H groups in total. The summed E-state index contributed by atoms with van der Waals surface area (Å²) in [5.41, 5.74) is 6.78. The van der Waals surface area contributed by atoms with Crippen LogP contribution in [0.25, 0.3) is 0 Å². The van der Waals surface area contributed by atoms with Gasteiger partial charge in [-0.15, -0.1) is 0 Å². The lowest BCUT2D eigenvalue weighted by molar-refractivity contribution is -0.129. The molecule has 0 bridgehead atoms. The Labute approximate surface area is 188 Å². The summed E-state index contributed by atoms with van der Waals surface area (Å²) in [6.07, 6.45) is 0. The number of halogens is 2. The molecule has 4 rings (SSSR count). The highest BCUT2D eigenvalue weighted by Crippen LogP contribution is 2.31. The number of nitrogens with zero attached hydrogens (tertiary/aromatic N) is 3. The second-order valence-electron chi connectivity index (χ2n) is 7.07. The minimum atomic E-state index is -0.953. The summed E-state index contributed by atoms with van der Waals surface area (Å²) in [7, 11) is 1.78. The Morgan fingerprint density at radius 3 is 2.41 bits per heavy atom. The Morgan fingerprint density at radius 1 is 1.12 bits per heavy atom. The Bertz CT molecular complexity index is 1130. The molecule has 3 aromatic rings. The van der Waals surface area contributed by atoms with E-state index in [1.165, 1.54) is 6.07 Å². The van der Waals surface area contributed by atoms with Gasteiger partial charge in [0.25, 0.3) is 0 Å². The van der Waals surface area contributed by atoms with Crippen LogP contribution in [-0.2, 0) is 4.79 Å². The number of nitrogens with one attached hydrogen (secondary N) is 1. The molecule has 0 radical (unpaired) electrons. The molecule has 0 spiro atoms. The second kappa shape index (κ2) is 9.31. The first kappa shape index (κ1) is 23.1. The number of hydrogen-bond acceptors (Lipinski definition) is 7. The molecule has 0 atom stereocenters. The number of thiazole rings is 1. The summed E-state index contributed by atoms with van der Waals surface area (Å²) < 4.78 is 27.9. The number of nitrogens with two attached hydrogens (primary N) is 1. The number of anilines is 4. The predicted molar refractivity (Wildman–Crippen MR) is 123 cm³/mol. The van der Waals surface area contributed by atoms with Gasteiger partial charge in [-0.05, 0) is 36.4 Å². The lowest BCUT2D eigenvalue weighted by atomic mass is 10.1. The van der Waals surface area contributed by atoms with Crippen LogP contribution in [0, 0.1) is 11.6 Å². The molecule has 1 aromatic heterocycles. The number of amides is 1. The van der Waals surface area contributed by atoms with E-state index in [9.17, 15) is 18.4 Å². The molecule has 0 unspecified atom stereocenters. The zero-order valence-electron chi connectivity index (χ0n) is 16.6. The van der Waals surface area contributed by atoms with E-state index < -0.39 is 23.0 Å². The molecule has 0 aliphatic carbocycles. The average Bonchev–Trinajstić information content (AvgIpc) is 3.10. The topological polar surface area (TPSA) is 91.6 Å². The zero-order chi connectivity index (χ0) is 22.1. The van der Waals surface area contributed by atoms with Crippen LogP contribution in [0.4, 0.5) is 31.1 Å². The van der Waals surface area contributed by atoms with Crippen LogP contribution >= 0.6 is 11.3 Å². The number of nitrogen functional groups attached to an aromatic ring is 1. The quantitative estimate of drug-likeness (QED) is 0.563. The van der Waals surface area contributed by atoms with Crippen molar-refractivity contribution in [2.24, 2.45) is 0 Å². The van der Waals surface area contributed by atoms with E-state index >= 15 is 0 Å². The van der Waals surface area contributed by atoms with Crippen LogP contribution in [0.1, 0.15) is 22.7 Å². The van der Waals surface area contributed by atoms with Crippen LogP contribution in [0.5, 0.6) is 0 Å². The third-order valence-electron chi connectivity index (χ3n) is 4.99. The zero-order valence-corrected chi connectivity index (χ0v) is 17.4. The molecule has 2 heterocycles. The summed E-state index contributed by atoms with van der Waals surface area (Å²) in [6.45, 7) is 1.73. The van der Waals surface area contributed by atoms with Gasteiger partial charge < -0.3 is 20.9 Å². The van der Waals surface area contributed by atoms with Gasteiger partial charge in [0.05, 0.1) is 12.1 Å². The fraction of sp³-hybridized carbons (Fsp3) is 0.227. The highest BCUT2D eigenvalue weighted by Gasteiger charge is 2.24. The first-order chi connectivity index (χ1) is 14.8. The lowest BCUT2D eigenvalue weighted by Crippen LogP contribution is -2.48. The van der Waals surface area contributed by atoms with Gasteiger partial charge in [0.2, 0.25) is 11.7 Å². The van der Waals surface area contributed by atoms with Crippen molar-refractivity contribution in [1.29, 1.82) is 0 Å². The van der Waals surface area contributed by atoms with Crippen molar-refractivity contribution in [2.45, 2.75) is 7.43 Å². The van der Waals surface area contributed by atoms with Gasteiger partial charge in [0.15, 0.2) is 5.13 Å². The Hall–Kier alpha value is -3.53. The molecule has 32 heavy (non-hydrogen) atoms. The summed E-state index contributed by atoms with van der Waals surface area (Å²) >= 11 is 0.917. The predicted octanol–water partition coefficient (Wildman–Crippen LogP) is 3.89. The fourth-order valence-electron chi connectivity index (χ4n) is 3.23. The van der Waals surface area contributed by atoms with E-state index in [0.717, 1.165) is 35.7 Å². The summed E-state index contributed by atoms with van der Waals surface area (Å²) in [4.78, 5) is 32.2. The molecular weight excluding hydrogens is 436 g/mol. The fourth-order valence-corrected chi connectivity index (χ4v) is 4.09. The van der Waals surface area contributed by atoms with Gasteiger partial charge >= 0.3 is 0 Å². The van der Waals surface area contributed by atoms with Crippen molar-refractivity contribution in [3.8, 4) is 0 Å². The number of likely N-dealkylation sites (N-methyl/N-ethyl adjacent to an activating group) is 1. The maximum Gasteiger partial charge on any atom is 0.241 e. The number of benzene rings is 2. The van der Waals surface area contributed by atoms with E-state index in [1.807, 2.05) is 29.2 Å². The Balaban J connectivity index is 0.00000289. The third kappa shape index (κ3) is 4.54. The van der Waals surface area contributed by atoms with Crippen molar-refractivity contribution in [3.63, 3.8) is 0 Å². The monoisotopic (exact) mass is 459 g/mol. The van der Waals surface area contributed by atoms with Gasteiger partial charge in [-0.1, -0.05) is 24.8 Å². The van der Waals surface area contributed by atoms with Gasteiger partial charge in [0, 0.05) is 31.5 Å². The first-order valence-electron chi connectivity index (χ1n) is 9.44. The molecule has 1 aliphatic heterocycles. The minimum Gasteiger partial charge on any atom is -0.382 e. The van der Waals surface area contributed by atoms with Gasteiger partial charge in [-0.3, -0.25) is 9.59 Å². The summed E-state index contributed by atoms with van der Waals surface area (Å²) in [5, 5.41) is 3.36. The van der Waals surface area contributed by atoms with Gasteiger partial charge in [-0.25, -0.2) is 13.8 Å². The van der Waals surface area contributed by atoms with Crippen molar-refractivity contribution < 1.29 is 18.4 Å². The van der Waals surface area contributed by atoms with Crippen LogP contribution in [0.3, 0.4) is 0 Å². The van der Waals surface area contributed by atoms with Crippen LogP contribution in [0.2, 0.25) is 0 Å². The summed E-state index contributed by atoms with van der Waals surface area (Å²) in [6, 6.07) is 10.6. The average molecular weight is 460 g/mol. The maximum atomic E-state index is 13.9. The minimum absolute atomic E-state index is 0. The van der Waals surface area contributed by atoms with Crippen LogP contribution in [0.15, 0.2) is 42.5 Å². The largest absolute Gasteiger partial charge is 0.382 e. The van der Waals surface area contributed by atoms with Crippen LogP contribution < -0.4 is 16.0 Å². The third-order valence-corrected chi connectivity index (χ3v) is 5.98. The van der Waals surface area contributed by atoms with E-state index in [1.54, 1.807) is 11.9 Å². The molecular formula is C22H23F2N5O2S. The van der Waals surface area contributed by atoms with Crippen molar-refractivity contribution >= 4 is 45.4 Å². The number of carbonyl (C=O) groups excluding carboxylic acids is 2. The molecule has 2 aromatic carbocycles. The lowest BCUT2D eigenvalue weighted by Gasteiger charge is -2.33. The number of carbonyl (C=O) groups is 2. The number of rotatable bonds is 5. The van der Waals surface area contributed by atoms with Crippen molar-refractivity contribution in [1.82, 2.24) is 9.88 Å². The SMILES string of the molecule is C.CN1CCN(c2ccc(Nc3nc(N)c(C(=O)c4c(F)cccc4F)s3)cc2)CC1=O. The molecule has 1 fully saturated rings. The van der Waals surface area contributed by atoms with E-state index in [0.29, 0.717) is 23.9 Å². The Kier molecular flexibility index (Phi) is 6.73. The molecule has 1 saturated heterocycles. The number of aromatic nitrogens is 1. The van der Waals surface area contributed by atoms with E-state index in [4.69, 9.17) is 5.73 Å². The molecule has 7 nitrogen and oxygen atoms in total. The van der Waals surface area contributed by atoms with Gasteiger partial charge in [-0.2, -0.15) is 0 Å². The molecule has 0 saturated carbocycles. The maximum absolute atomic E-state index is 13.9. The Morgan fingerprint density at radius 2 is 1.78 bits per heavy atom. The normalized spacial score (nSPS) is 13.7. The first-order valence-corrected chi connectivity index (χ1v) is 10.3. The highest BCUT2D eigenvalue weighted by molar-refractivity contribution is 7.18. The molecule has 10 heteroatoms. The number of piperazine rings is 1. The van der Waals surface area contributed by atoms with E-state index in [2.05, 4.69) is 10.3 Å². The second-order valence-corrected chi connectivity index (χ2v) is 8.07. The van der Waals surface area contributed by atoms with E-state index in [-0.39, 0.29) is 24.0 Å². The van der Waals surface area contributed by atoms with Gasteiger partial charge in [0.1, 0.15) is 22.3 Å². The summed E-state index contributed by atoms with van der Waals surface area (Å²) in [5.74, 6) is -2.80. The molecule has 1 aliphatic rings. The van der Waals surface area contributed by atoms with Crippen LogP contribution in [-0.4, -0.2) is 48.3 Å². The molecule has 168 valence electrons. The van der Waals surface area contributed by atoms with Crippen molar-refractivity contribution in [3.05, 3.63) is 64.5 Å². The highest BCUT2D eigenvalue weighted by atomic mass is 32.1.